The van der Waals surface area contributed by atoms with Gasteiger partial charge in [-0.1, -0.05) is 53.7 Å². The Morgan fingerprint density at radius 1 is 1.16 bits per heavy atom. The van der Waals surface area contributed by atoms with Crippen molar-refractivity contribution in [3.63, 3.8) is 0 Å². The van der Waals surface area contributed by atoms with Crippen molar-refractivity contribution in [3.05, 3.63) is 70.5 Å². The molecule has 31 heavy (non-hydrogen) atoms. The average molecular weight is 467 g/mol. The summed E-state index contributed by atoms with van der Waals surface area (Å²) in [4.78, 5) is 12.4. The fraction of sp³-hybridized carbons (Fsp3) is 0.286. The molecule has 0 radical (unpaired) electrons. The van der Waals surface area contributed by atoms with Gasteiger partial charge in [0, 0.05) is 10.9 Å². The second-order valence-corrected chi connectivity index (χ2v) is 8.59. The zero-order chi connectivity index (χ0) is 22.0. The lowest BCUT2D eigenvalue weighted by Crippen LogP contribution is -2.18. The number of anilines is 1. The molecule has 1 fully saturated rings. The monoisotopic (exact) mass is 466 g/mol. The van der Waals surface area contributed by atoms with E-state index in [-0.39, 0.29) is 16.5 Å². The Labute approximate surface area is 186 Å². The van der Waals surface area contributed by atoms with Crippen molar-refractivity contribution in [1.29, 1.82) is 0 Å². The number of rotatable bonds is 7. The number of carbonyl (C=O) groups is 1. The predicted octanol–water partition coefficient (Wildman–Crippen LogP) is 5.61. The molecule has 1 heterocycles. The van der Waals surface area contributed by atoms with Crippen molar-refractivity contribution >= 4 is 35.0 Å². The molecule has 0 unspecified atom stereocenters. The summed E-state index contributed by atoms with van der Waals surface area (Å²) in [6, 6.07) is 13.1. The zero-order valence-electron chi connectivity index (χ0n) is 16.2. The van der Waals surface area contributed by atoms with Crippen molar-refractivity contribution in [1.82, 2.24) is 14.8 Å². The highest BCUT2D eigenvalue weighted by Crippen LogP contribution is 2.40. The van der Waals surface area contributed by atoms with E-state index in [1.807, 2.05) is 34.9 Å². The number of benzene rings is 2. The summed E-state index contributed by atoms with van der Waals surface area (Å²) in [7, 11) is 0. The Kier molecular flexibility index (Phi) is 6.24. The van der Waals surface area contributed by atoms with E-state index in [1.54, 1.807) is 0 Å². The van der Waals surface area contributed by atoms with E-state index >= 15 is 0 Å². The summed E-state index contributed by atoms with van der Waals surface area (Å²) in [5.41, 5.74) is -0.236. The summed E-state index contributed by atoms with van der Waals surface area (Å²) < 4.78 is 41.7. The van der Waals surface area contributed by atoms with Crippen LogP contribution < -0.4 is 5.32 Å². The fourth-order valence-corrected chi connectivity index (χ4v) is 4.06. The van der Waals surface area contributed by atoms with E-state index in [0.29, 0.717) is 17.6 Å². The molecule has 0 bridgehead atoms. The van der Waals surface area contributed by atoms with Crippen LogP contribution in [0.4, 0.5) is 18.9 Å². The van der Waals surface area contributed by atoms with Gasteiger partial charge in [-0.05, 0) is 36.6 Å². The molecular formula is C21H18ClF3N4OS. The van der Waals surface area contributed by atoms with Gasteiger partial charge in [-0.15, -0.1) is 10.2 Å². The van der Waals surface area contributed by atoms with Gasteiger partial charge in [0.2, 0.25) is 5.91 Å². The molecule has 1 amide bonds. The first-order valence-electron chi connectivity index (χ1n) is 9.57. The second kappa shape index (κ2) is 8.92. The van der Waals surface area contributed by atoms with E-state index in [9.17, 15) is 18.0 Å². The van der Waals surface area contributed by atoms with Gasteiger partial charge in [0.15, 0.2) is 5.16 Å². The van der Waals surface area contributed by atoms with Gasteiger partial charge >= 0.3 is 6.18 Å². The number of aromatic nitrogens is 3. The minimum atomic E-state index is -4.63. The molecule has 10 heteroatoms. The van der Waals surface area contributed by atoms with E-state index in [0.717, 1.165) is 48.1 Å². The molecule has 0 atom stereocenters. The first kappa shape index (κ1) is 21.7. The van der Waals surface area contributed by atoms with Crippen LogP contribution in [-0.4, -0.2) is 26.4 Å². The molecule has 5 nitrogen and oxygen atoms in total. The maximum absolute atomic E-state index is 13.2. The zero-order valence-corrected chi connectivity index (χ0v) is 17.8. The highest BCUT2D eigenvalue weighted by atomic mass is 35.5. The van der Waals surface area contributed by atoms with Crippen molar-refractivity contribution in [2.75, 3.05) is 11.1 Å². The van der Waals surface area contributed by atoms with E-state index in [2.05, 4.69) is 15.5 Å². The summed E-state index contributed by atoms with van der Waals surface area (Å²) in [5.74, 6) is 0.573. The molecule has 0 saturated heterocycles. The fourth-order valence-electron chi connectivity index (χ4n) is 3.14. The van der Waals surface area contributed by atoms with Gasteiger partial charge in [0.25, 0.3) is 0 Å². The first-order valence-corrected chi connectivity index (χ1v) is 10.9. The Morgan fingerprint density at radius 2 is 1.90 bits per heavy atom. The predicted molar refractivity (Wildman–Crippen MR) is 113 cm³/mol. The normalized spacial score (nSPS) is 13.9. The van der Waals surface area contributed by atoms with E-state index in [1.165, 1.54) is 6.07 Å². The van der Waals surface area contributed by atoms with Gasteiger partial charge in [0.1, 0.15) is 5.82 Å². The first-order chi connectivity index (χ1) is 14.8. The van der Waals surface area contributed by atoms with Crippen LogP contribution in [-0.2, 0) is 17.5 Å². The summed E-state index contributed by atoms with van der Waals surface area (Å²) in [5, 5.41) is 11.3. The Bertz CT molecular complexity index is 1080. The molecule has 3 aromatic rings. The smallest absolute Gasteiger partial charge is 0.325 e. The molecule has 1 aromatic heterocycles. The van der Waals surface area contributed by atoms with Crippen molar-refractivity contribution in [3.8, 4) is 0 Å². The number of alkyl halides is 3. The van der Waals surface area contributed by atoms with Crippen molar-refractivity contribution in [2.45, 2.75) is 36.6 Å². The topological polar surface area (TPSA) is 59.8 Å². The number of hydrogen-bond donors (Lipinski definition) is 1. The van der Waals surface area contributed by atoms with Crippen molar-refractivity contribution < 1.29 is 18.0 Å². The summed E-state index contributed by atoms with van der Waals surface area (Å²) >= 11 is 6.83. The third kappa shape index (κ3) is 5.40. The maximum Gasteiger partial charge on any atom is 0.418 e. The van der Waals surface area contributed by atoms with Crippen LogP contribution in [0.15, 0.2) is 53.7 Å². The van der Waals surface area contributed by atoms with Crippen LogP contribution in [0.5, 0.6) is 0 Å². The van der Waals surface area contributed by atoms with Gasteiger partial charge in [-0.3, -0.25) is 4.79 Å². The Hall–Kier alpha value is -2.52. The van der Waals surface area contributed by atoms with Gasteiger partial charge in [-0.25, -0.2) is 0 Å². The SMILES string of the molecule is O=C(CSc1nnc(C2CC2)n1Cc1ccccc1)Nc1ccc(Cl)cc1C(F)(F)F. The van der Waals surface area contributed by atoms with E-state index in [4.69, 9.17) is 11.6 Å². The molecule has 1 saturated carbocycles. The Balaban J connectivity index is 1.47. The maximum atomic E-state index is 13.2. The van der Waals surface area contributed by atoms with Crippen LogP contribution in [0, 0.1) is 0 Å². The van der Waals surface area contributed by atoms with Gasteiger partial charge < -0.3 is 9.88 Å². The molecular weight excluding hydrogens is 449 g/mol. The molecule has 1 aliphatic rings. The number of halogens is 4. The highest BCUT2D eigenvalue weighted by molar-refractivity contribution is 7.99. The summed E-state index contributed by atoms with van der Waals surface area (Å²) in [6.07, 6.45) is -2.53. The van der Waals surface area contributed by atoms with Crippen LogP contribution in [0.3, 0.4) is 0 Å². The Morgan fingerprint density at radius 3 is 2.58 bits per heavy atom. The summed E-state index contributed by atoms with van der Waals surface area (Å²) in [6.45, 7) is 0.568. The van der Waals surface area contributed by atoms with Crippen LogP contribution in [0.1, 0.15) is 35.7 Å². The number of amides is 1. The van der Waals surface area contributed by atoms with Crippen molar-refractivity contribution in [2.24, 2.45) is 0 Å². The molecule has 2 aromatic carbocycles. The molecule has 4 rings (SSSR count). The third-order valence-corrected chi connectivity index (χ3v) is 5.97. The quantitative estimate of drug-likeness (QED) is 0.460. The largest absolute Gasteiger partial charge is 0.418 e. The molecule has 0 aliphatic heterocycles. The number of nitrogens with one attached hydrogen (secondary N) is 1. The van der Waals surface area contributed by atoms with Crippen LogP contribution in [0.2, 0.25) is 5.02 Å². The molecule has 162 valence electrons. The number of nitrogens with zero attached hydrogens (tertiary/aromatic N) is 3. The highest BCUT2D eigenvalue weighted by Gasteiger charge is 2.34. The van der Waals surface area contributed by atoms with Crippen LogP contribution in [0.25, 0.3) is 0 Å². The minimum absolute atomic E-state index is 0.0543. The molecule has 1 aliphatic carbocycles. The lowest BCUT2D eigenvalue weighted by molar-refractivity contribution is -0.137. The standard InChI is InChI=1S/C21H18ClF3N4OS/c22-15-8-9-17(16(10-15)21(23,24)25)26-18(30)12-31-20-28-27-19(14-6-7-14)29(20)11-13-4-2-1-3-5-13/h1-5,8-10,14H,6-7,11-12H2,(H,26,30). The minimum Gasteiger partial charge on any atom is -0.325 e. The number of hydrogen-bond acceptors (Lipinski definition) is 4. The van der Waals surface area contributed by atoms with Crippen LogP contribution >= 0.6 is 23.4 Å². The van der Waals surface area contributed by atoms with Gasteiger partial charge in [-0.2, -0.15) is 13.2 Å². The average Bonchev–Trinajstić information content (AvgIpc) is 3.49. The molecule has 0 spiro atoms. The number of carbonyl (C=O) groups excluding carboxylic acids is 1. The molecule has 1 N–H and O–H groups in total. The number of thioether (sulfide) groups is 1. The van der Waals surface area contributed by atoms with E-state index < -0.39 is 17.6 Å². The third-order valence-electron chi connectivity index (χ3n) is 4.76. The second-order valence-electron chi connectivity index (χ2n) is 7.21. The van der Waals surface area contributed by atoms with Gasteiger partial charge in [0.05, 0.1) is 23.5 Å². The lowest BCUT2D eigenvalue weighted by Gasteiger charge is -2.14. The lowest BCUT2D eigenvalue weighted by atomic mass is 10.1.